The van der Waals surface area contributed by atoms with Crippen LogP contribution in [0.1, 0.15) is 20.8 Å². The van der Waals surface area contributed by atoms with Gasteiger partial charge in [0, 0.05) is 39.0 Å². The largest absolute Gasteiger partial charge is 0.403 e. The Morgan fingerprint density at radius 3 is 1.90 bits per heavy atom. The number of nitrogens with zero attached hydrogens (tertiary/aromatic N) is 2. The van der Waals surface area contributed by atoms with Gasteiger partial charge in [0.1, 0.15) is 6.04 Å². The van der Waals surface area contributed by atoms with E-state index in [0.717, 1.165) is 6.92 Å². The number of piperazine rings is 1. The molecular weight excluding hydrogens is 293 g/mol. The van der Waals surface area contributed by atoms with Crippen LogP contribution in [0.15, 0.2) is 0 Å². The van der Waals surface area contributed by atoms with Crippen LogP contribution in [0.5, 0.6) is 0 Å². The van der Waals surface area contributed by atoms with Crippen LogP contribution in [0.2, 0.25) is 0 Å². The summed E-state index contributed by atoms with van der Waals surface area (Å²) in [5.41, 5.74) is 0. The van der Waals surface area contributed by atoms with Gasteiger partial charge < -0.3 is 0 Å². The second kappa shape index (κ2) is 5.81. The predicted molar refractivity (Wildman–Crippen MR) is 72.5 cm³/mol. The zero-order valence-electron chi connectivity index (χ0n) is 12.4. The van der Waals surface area contributed by atoms with E-state index in [-0.39, 0.29) is 0 Å². The van der Waals surface area contributed by atoms with Crippen molar-refractivity contribution in [3.8, 4) is 0 Å². The molecule has 8 heteroatoms. The van der Waals surface area contributed by atoms with Crippen LogP contribution in [0.4, 0.5) is 13.2 Å². The van der Waals surface area contributed by atoms with E-state index in [2.05, 4.69) is 0 Å². The molecule has 1 saturated heterocycles. The normalized spacial score (nSPS) is 21.9. The smallest absolute Gasteiger partial charge is 0.299 e. The van der Waals surface area contributed by atoms with Crippen molar-refractivity contribution in [2.45, 2.75) is 37.7 Å². The summed E-state index contributed by atoms with van der Waals surface area (Å²) in [5.74, 6) is 0. The second-order valence-electron chi connectivity index (χ2n) is 6.06. The second-order valence-corrected chi connectivity index (χ2v) is 8.71. The Morgan fingerprint density at radius 1 is 1.10 bits per heavy atom. The van der Waals surface area contributed by atoms with Gasteiger partial charge in [0.2, 0.25) is 0 Å². The highest BCUT2D eigenvalue weighted by Gasteiger charge is 2.41. The predicted octanol–water partition coefficient (Wildman–Crippen LogP) is 1.38. The summed E-state index contributed by atoms with van der Waals surface area (Å²) in [6, 6.07) is -1.45. The Morgan fingerprint density at radius 2 is 1.55 bits per heavy atom. The minimum atomic E-state index is -4.21. The van der Waals surface area contributed by atoms with Crippen molar-refractivity contribution in [1.82, 2.24) is 9.80 Å². The molecule has 0 radical (unpaired) electrons. The van der Waals surface area contributed by atoms with Crippen molar-refractivity contribution in [2.24, 2.45) is 0 Å². The fourth-order valence-corrected chi connectivity index (χ4v) is 2.59. The lowest BCUT2D eigenvalue weighted by atomic mass is 10.1. The molecule has 1 fully saturated rings. The minimum absolute atomic E-state index is 0.306. The monoisotopic (exact) mass is 316 g/mol. The Kier molecular flexibility index (Phi) is 5.14. The summed E-state index contributed by atoms with van der Waals surface area (Å²) < 4.78 is 60.3. The van der Waals surface area contributed by atoms with Gasteiger partial charge in [-0.25, -0.2) is 8.42 Å². The molecule has 0 bridgehead atoms. The molecule has 0 N–H and O–H groups in total. The molecule has 1 heterocycles. The summed E-state index contributed by atoms with van der Waals surface area (Å²) in [4.78, 5) is 3.31. The number of rotatable bonds is 4. The van der Waals surface area contributed by atoms with Gasteiger partial charge >= 0.3 is 6.18 Å². The Bertz CT molecular complexity index is 426. The highest BCUT2D eigenvalue weighted by Crippen LogP contribution is 2.26. The first-order chi connectivity index (χ1) is 8.84. The molecule has 4 nitrogen and oxygen atoms in total. The lowest BCUT2D eigenvalue weighted by Crippen LogP contribution is -2.56. The zero-order valence-corrected chi connectivity index (χ0v) is 13.2. The molecule has 1 rings (SSSR count). The Labute approximate surface area is 118 Å². The fraction of sp³-hybridized carbons (Fsp3) is 1.00. The molecule has 0 spiro atoms. The van der Waals surface area contributed by atoms with E-state index in [1.807, 2.05) is 4.90 Å². The topological polar surface area (TPSA) is 40.6 Å². The number of halogens is 3. The maximum absolute atomic E-state index is 12.6. The van der Waals surface area contributed by atoms with Gasteiger partial charge in [0.15, 0.2) is 9.84 Å². The summed E-state index contributed by atoms with van der Waals surface area (Å²) >= 11 is 0. The van der Waals surface area contributed by atoms with Gasteiger partial charge in [-0.2, -0.15) is 13.2 Å². The third-order valence-electron chi connectivity index (χ3n) is 4.04. The molecule has 0 amide bonds. The first kappa shape index (κ1) is 17.7. The quantitative estimate of drug-likeness (QED) is 0.786. The van der Waals surface area contributed by atoms with Crippen molar-refractivity contribution < 1.29 is 21.6 Å². The zero-order chi connectivity index (χ0) is 15.8. The molecule has 20 heavy (non-hydrogen) atoms. The van der Waals surface area contributed by atoms with Crippen LogP contribution in [-0.2, 0) is 9.84 Å². The first-order valence-corrected chi connectivity index (χ1v) is 8.46. The maximum Gasteiger partial charge on any atom is 0.403 e. The molecule has 0 aromatic rings. The molecule has 0 unspecified atom stereocenters. The van der Waals surface area contributed by atoms with Gasteiger partial charge in [-0.3, -0.25) is 9.80 Å². The average Bonchev–Trinajstić information content (AvgIpc) is 2.26. The molecule has 0 aromatic heterocycles. The van der Waals surface area contributed by atoms with Crippen LogP contribution in [0, 0.1) is 0 Å². The molecule has 1 aliphatic rings. The summed E-state index contributed by atoms with van der Waals surface area (Å²) in [6.45, 7) is 6.33. The summed E-state index contributed by atoms with van der Waals surface area (Å²) in [6.07, 6.45) is -3.02. The number of sulfone groups is 1. The number of alkyl halides is 3. The van der Waals surface area contributed by atoms with Crippen LogP contribution in [-0.4, -0.2) is 74.2 Å². The van der Waals surface area contributed by atoms with E-state index in [9.17, 15) is 21.6 Å². The molecule has 1 atom stereocenters. The third-order valence-corrected chi connectivity index (χ3v) is 6.17. The molecule has 0 saturated carbocycles. The van der Waals surface area contributed by atoms with E-state index < -0.39 is 26.8 Å². The average molecular weight is 316 g/mol. The lowest BCUT2D eigenvalue weighted by Gasteiger charge is -2.40. The van der Waals surface area contributed by atoms with Crippen LogP contribution < -0.4 is 0 Å². The van der Waals surface area contributed by atoms with E-state index >= 15 is 0 Å². The van der Waals surface area contributed by atoms with Crippen molar-refractivity contribution in [1.29, 1.82) is 0 Å². The number of hydrogen-bond donors (Lipinski definition) is 0. The van der Waals surface area contributed by atoms with Gasteiger partial charge in [-0.1, -0.05) is 0 Å². The maximum atomic E-state index is 12.6. The van der Waals surface area contributed by atoms with E-state index in [4.69, 9.17) is 0 Å². The molecule has 120 valence electrons. The highest BCUT2D eigenvalue weighted by atomic mass is 32.2. The Hall–Kier alpha value is -0.340. The van der Waals surface area contributed by atoms with Crippen molar-refractivity contribution in [3.63, 3.8) is 0 Å². The molecule has 0 aliphatic carbocycles. The van der Waals surface area contributed by atoms with E-state index in [1.54, 1.807) is 13.8 Å². The van der Waals surface area contributed by atoms with E-state index in [1.165, 1.54) is 11.2 Å². The SMILES string of the molecule is C[C@@H](N1CCN(CC(C)(C)S(C)(=O)=O)CC1)C(F)(F)F. The molecule has 1 aliphatic heterocycles. The fourth-order valence-electron chi connectivity index (χ4n) is 2.17. The van der Waals surface area contributed by atoms with Crippen molar-refractivity contribution in [3.05, 3.63) is 0 Å². The van der Waals surface area contributed by atoms with Gasteiger partial charge in [0.25, 0.3) is 0 Å². The third kappa shape index (κ3) is 4.33. The standard InChI is InChI=1S/C12H23F3N2O2S/c1-10(12(13,14)15)17-7-5-16(6-8-17)9-11(2,3)20(4,18)19/h10H,5-9H2,1-4H3/t10-/m1/s1. The molecule has 0 aromatic carbocycles. The van der Waals surface area contributed by atoms with Gasteiger partial charge in [-0.15, -0.1) is 0 Å². The number of hydrogen-bond acceptors (Lipinski definition) is 4. The summed E-state index contributed by atoms with van der Waals surface area (Å²) in [7, 11) is -3.19. The van der Waals surface area contributed by atoms with Gasteiger partial charge in [0.05, 0.1) is 4.75 Å². The van der Waals surface area contributed by atoms with Crippen LogP contribution in [0.3, 0.4) is 0 Å². The first-order valence-electron chi connectivity index (χ1n) is 6.57. The van der Waals surface area contributed by atoms with Crippen LogP contribution >= 0.6 is 0 Å². The lowest BCUT2D eigenvalue weighted by molar-refractivity contribution is -0.182. The van der Waals surface area contributed by atoms with E-state index in [0.29, 0.717) is 32.7 Å². The Balaban J connectivity index is 2.56. The summed E-state index contributed by atoms with van der Waals surface area (Å²) in [5, 5.41) is 0. The van der Waals surface area contributed by atoms with Crippen molar-refractivity contribution >= 4 is 9.84 Å². The minimum Gasteiger partial charge on any atom is -0.299 e. The highest BCUT2D eigenvalue weighted by molar-refractivity contribution is 7.92. The van der Waals surface area contributed by atoms with Gasteiger partial charge in [-0.05, 0) is 20.8 Å². The van der Waals surface area contributed by atoms with Crippen LogP contribution in [0.25, 0.3) is 0 Å². The molecular formula is C12H23F3N2O2S. The van der Waals surface area contributed by atoms with Crippen molar-refractivity contribution in [2.75, 3.05) is 39.0 Å².